The van der Waals surface area contributed by atoms with Crippen LogP contribution in [0.5, 0.6) is 0 Å². The number of pyridine rings is 2. The maximum atomic E-state index is 10.5. The average Bonchev–Trinajstić information content (AvgIpc) is 3.04. The van der Waals surface area contributed by atoms with Crippen LogP contribution in [0.2, 0.25) is 0 Å². The van der Waals surface area contributed by atoms with Crippen molar-refractivity contribution in [3.05, 3.63) is 41.3 Å². The van der Waals surface area contributed by atoms with Gasteiger partial charge in [0, 0.05) is 23.7 Å². The highest BCUT2D eigenvalue weighted by Gasteiger charge is 2.44. The second-order valence-electron chi connectivity index (χ2n) is 7.82. The molecule has 1 aliphatic heterocycles. The number of fused-ring (bicyclic) bond motifs is 1. The summed E-state index contributed by atoms with van der Waals surface area (Å²) in [7, 11) is 0. The predicted molar refractivity (Wildman–Crippen MR) is 113 cm³/mol. The molecule has 1 aliphatic carbocycles. The van der Waals surface area contributed by atoms with Crippen molar-refractivity contribution in [1.82, 2.24) is 9.97 Å². The fourth-order valence-corrected chi connectivity index (χ4v) is 5.34. The summed E-state index contributed by atoms with van der Waals surface area (Å²) in [6.45, 7) is -0.507. The van der Waals surface area contributed by atoms with Gasteiger partial charge in [-0.2, -0.15) is 5.26 Å². The molecule has 2 aliphatic rings. The minimum absolute atomic E-state index is 0.383. The van der Waals surface area contributed by atoms with Crippen LogP contribution in [0, 0.1) is 11.3 Å². The number of aliphatic hydroxyl groups excluding tert-OH is 4. The van der Waals surface area contributed by atoms with E-state index in [1.165, 1.54) is 0 Å². The lowest BCUT2D eigenvalue weighted by atomic mass is 9.93. The fraction of sp³-hybridized carbons (Fsp3) is 0.500. The van der Waals surface area contributed by atoms with Gasteiger partial charge in [0.15, 0.2) is 0 Å². The van der Waals surface area contributed by atoms with Crippen molar-refractivity contribution >= 4 is 11.8 Å². The number of ether oxygens (including phenoxy) is 1. The summed E-state index contributed by atoms with van der Waals surface area (Å²) >= 11 is 1.03. The Hall–Kier alpha value is -2.06. The van der Waals surface area contributed by atoms with E-state index in [9.17, 15) is 25.7 Å². The molecule has 0 spiro atoms. The van der Waals surface area contributed by atoms with Gasteiger partial charge in [0.05, 0.1) is 12.2 Å². The molecule has 5 atom stereocenters. The third kappa shape index (κ3) is 4.32. The first kappa shape index (κ1) is 22.1. The van der Waals surface area contributed by atoms with Crippen LogP contribution in [0.1, 0.15) is 36.1 Å². The second-order valence-corrected chi connectivity index (χ2v) is 8.90. The number of aliphatic hydroxyl groups is 4. The van der Waals surface area contributed by atoms with Crippen LogP contribution in [0.3, 0.4) is 0 Å². The first-order valence-corrected chi connectivity index (χ1v) is 11.3. The highest BCUT2D eigenvalue weighted by Crippen LogP contribution is 2.40. The maximum Gasteiger partial charge on any atom is 0.138 e. The van der Waals surface area contributed by atoms with Gasteiger partial charge in [-0.05, 0) is 48.9 Å². The van der Waals surface area contributed by atoms with E-state index in [1.807, 2.05) is 12.1 Å². The Labute approximate surface area is 184 Å². The Morgan fingerprint density at radius 2 is 1.81 bits per heavy atom. The van der Waals surface area contributed by atoms with Crippen molar-refractivity contribution in [2.24, 2.45) is 0 Å². The average molecular weight is 444 g/mol. The molecule has 31 heavy (non-hydrogen) atoms. The molecule has 0 bridgehead atoms. The molecule has 8 nitrogen and oxygen atoms in total. The Bertz CT molecular complexity index is 966. The molecule has 1 saturated heterocycles. The zero-order valence-corrected chi connectivity index (χ0v) is 17.7. The summed E-state index contributed by atoms with van der Waals surface area (Å²) in [5.74, 6) is 0. The van der Waals surface area contributed by atoms with Gasteiger partial charge in [0.25, 0.3) is 0 Å². The van der Waals surface area contributed by atoms with Gasteiger partial charge in [0.1, 0.15) is 40.9 Å². The Kier molecular flexibility index (Phi) is 6.86. The molecule has 2 aromatic heterocycles. The molecule has 0 unspecified atom stereocenters. The van der Waals surface area contributed by atoms with Crippen LogP contribution < -0.4 is 0 Å². The summed E-state index contributed by atoms with van der Waals surface area (Å²) in [5.41, 5.74) is 3.08. The van der Waals surface area contributed by atoms with Gasteiger partial charge in [-0.1, -0.05) is 18.2 Å². The van der Waals surface area contributed by atoms with Crippen molar-refractivity contribution in [3.63, 3.8) is 0 Å². The molecule has 4 rings (SSSR count). The van der Waals surface area contributed by atoms with E-state index in [0.717, 1.165) is 66.3 Å². The maximum absolute atomic E-state index is 10.5. The van der Waals surface area contributed by atoms with Gasteiger partial charge in [-0.25, -0.2) is 4.98 Å². The lowest BCUT2D eigenvalue weighted by Crippen LogP contribution is -2.57. The largest absolute Gasteiger partial charge is 0.394 e. The second kappa shape index (κ2) is 9.61. The summed E-state index contributed by atoms with van der Waals surface area (Å²) in [6.07, 6.45) is 2.79. The Morgan fingerprint density at radius 1 is 1.06 bits per heavy atom. The molecule has 3 heterocycles. The highest BCUT2D eigenvalue weighted by atomic mass is 32.2. The van der Waals surface area contributed by atoms with Gasteiger partial charge in [-0.15, -0.1) is 0 Å². The topological polar surface area (TPSA) is 140 Å². The van der Waals surface area contributed by atoms with E-state index in [4.69, 9.17) is 9.72 Å². The molecule has 0 aromatic carbocycles. The summed E-state index contributed by atoms with van der Waals surface area (Å²) in [4.78, 5) is 8.86. The quantitative estimate of drug-likeness (QED) is 0.513. The number of thioether (sulfide) groups is 1. The van der Waals surface area contributed by atoms with Gasteiger partial charge >= 0.3 is 0 Å². The van der Waals surface area contributed by atoms with Crippen molar-refractivity contribution in [1.29, 1.82) is 5.26 Å². The molecule has 9 heteroatoms. The first-order chi connectivity index (χ1) is 15.0. The number of aryl methyl sites for hydroxylation is 1. The zero-order chi connectivity index (χ0) is 22.0. The van der Waals surface area contributed by atoms with E-state index >= 15 is 0 Å². The normalized spacial score (nSPS) is 28.4. The number of hydrogen-bond acceptors (Lipinski definition) is 9. The molecule has 0 radical (unpaired) electrons. The van der Waals surface area contributed by atoms with E-state index < -0.39 is 36.5 Å². The molecule has 0 saturated carbocycles. The van der Waals surface area contributed by atoms with E-state index in [0.29, 0.717) is 10.6 Å². The molecule has 164 valence electrons. The molecule has 4 N–H and O–H groups in total. The van der Waals surface area contributed by atoms with Crippen LogP contribution >= 0.6 is 11.8 Å². The van der Waals surface area contributed by atoms with Crippen molar-refractivity contribution in [2.75, 3.05) is 6.61 Å². The molecular formula is C22H25N3O5S. The van der Waals surface area contributed by atoms with Crippen molar-refractivity contribution < 1.29 is 25.2 Å². The molecule has 1 fully saturated rings. The third-order valence-electron chi connectivity index (χ3n) is 5.85. The summed E-state index contributed by atoms with van der Waals surface area (Å²) in [6, 6.07) is 6.01. The Balaban J connectivity index is 1.80. The number of hydrogen-bond donors (Lipinski definition) is 4. The number of nitrogens with zero attached hydrogens (tertiary/aromatic N) is 3. The third-order valence-corrected chi connectivity index (χ3v) is 6.99. The lowest BCUT2D eigenvalue weighted by Gasteiger charge is -2.39. The van der Waals surface area contributed by atoms with Gasteiger partial charge in [-0.3, -0.25) is 4.98 Å². The molecular weight excluding hydrogens is 418 g/mol. The fourth-order valence-electron chi connectivity index (χ4n) is 4.20. The predicted octanol–water partition coefficient (Wildman–Crippen LogP) is 1.18. The SMILES string of the molecule is N#Cc1c(S[C@@H]2O[C@H](CO)[C@H](O)[C@H](O)[C@H]2O)nc2c(c1-c1ccncc1)CCCCC2. The Morgan fingerprint density at radius 3 is 2.52 bits per heavy atom. The zero-order valence-electron chi connectivity index (χ0n) is 16.9. The lowest BCUT2D eigenvalue weighted by molar-refractivity contribution is -0.205. The van der Waals surface area contributed by atoms with Crippen LogP contribution in [0.25, 0.3) is 11.1 Å². The number of nitriles is 1. The monoisotopic (exact) mass is 443 g/mol. The minimum atomic E-state index is -1.48. The first-order valence-electron chi connectivity index (χ1n) is 10.4. The number of rotatable bonds is 4. The summed E-state index contributed by atoms with van der Waals surface area (Å²) in [5, 5.41) is 50.6. The van der Waals surface area contributed by atoms with Crippen LogP contribution in [0.4, 0.5) is 0 Å². The highest BCUT2D eigenvalue weighted by molar-refractivity contribution is 7.99. The molecule has 2 aromatic rings. The summed E-state index contributed by atoms with van der Waals surface area (Å²) < 4.78 is 5.64. The van der Waals surface area contributed by atoms with Crippen LogP contribution in [0.15, 0.2) is 29.6 Å². The van der Waals surface area contributed by atoms with Gasteiger partial charge < -0.3 is 25.2 Å². The number of aromatic nitrogens is 2. The van der Waals surface area contributed by atoms with E-state index in [2.05, 4.69) is 11.1 Å². The van der Waals surface area contributed by atoms with Crippen LogP contribution in [-0.2, 0) is 17.6 Å². The van der Waals surface area contributed by atoms with Crippen LogP contribution in [-0.4, -0.2) is 66.9 Å². The van der Waals surface area contributed by atoms with Gasteiger partial charge in [0.2, 0.25) is 0 Å². The smallest absolute Gasteiger partial charge is 0.138 e. The van der Waals surface area contributed by atoms with E-state index in [1.54, 1.807) is 12.4 Å². The van der Waals surface area contributed by atoms with Crippen molar-refractivity contribution in [2.45, 2.75) is 67.0 Å². The molecule has 0 amide bonds. The van der Waals surface area contributed by atoms with Crippen molar-refractivity contribution in [3.8, 4) is 17.2 Å². The standard InChI is InChI=1S/C22H25N3O5S/c23-10-14-17(12-6-8-24-9-7-12)13-4-2-1-3-5-15(13)25-21(14)31-22-20(29)19(28)18(27)16(11-26)30-22/h6-9,16,18-20,22,26-29H,1-5,11H2/t16-,18+,19+,20-,22+/m1/s1. The minimum Gasteiger partial charge on any atom is -0.394 e. The van der Waals surface area contributed by atoms with E-state index in [-0.39, 0.29) is 0 Å².